The lowest BCUT2D eigenvalue weighted by atomic mass is 10.1. The van der Waals surface area contributed by atoms with Gasteiger partial charge in [-0.15, -0.1) is 0 Å². The molecular formula is C9H7NO. The first kappa shape index (κ1) is 5.09. The van der Waals surface area contributed by atoms with Gasteiger partial charge in [-0.3, -0.25) is 4.79 Å². The second-order valence-corrected chi connectivity index (χ2v) is 2.03. The Morgan fingerprint density at radius 3 is 3.09 bits per heavy atom. The Labute approximate surface area is 67.9 Å². The highest BCUT2D eigenvalue weighted by molar-refractivity contribution is 5.94. The van der Waals surface area contributed by atoms with E-state index in [1.54, 1.807) is 0 Å². The van der Waals surface area contributed by atoms with Crippen LogP contribution in [0.5, 0.6) is 0 Å². The molecule has 0 bridgehead atoms. The van der Waals surface area contributed by atoms with Crippen LogP contribution >= 0.6 is 0 Å². The SMILES string of the molecule is [2H]CC(=O)c1ccc(C#N)cc1[2H]. The number of hydrogen-bond donors (Lipinski definition) is 0. The van der Waals surface area contributed by atoms with Gasteiger partial charge in [0, 0.05) is 6.93 Å². The van der Waals surface area contributed by atoms with Crippen molar-refractivity contribution in [2.45, 2.75) is 6.90 Å². The molecule has 0 aromatic heterocycles. The summed E-state index contributed by atoms with van der Waals surface area (Å²) in [6.45, 7) is -0.363. The summed E-state index contributed by atoms with van der Waals surface area (Å²) in [6.07, 6.45) is 0. The summed E-state index contributed by atoms with van der Waals surface area (Å²) in [5.74, 6) is -0.394. The van der Waals surface area contributed by atoms with Crippen LogP contribution < -0.4 is 0 Å². The van der Waals surface area contributed by atoms with E-state index < -0.39 is 5.78 Å². The topological polar surface area (TPSA) is 40.9 Å². The highest BCUT2D eigenvalue weighted by Gasteiger charge is 1.96. The van der Waals surface area contributed by atoms with Crippen LogP contribution in [0.15, 0.2) is 24.2 Å². The zero-order valence-corrected chi connectivity index (χ0v) is 5.79. The molecule has 0 fully saturated rings. The van der Waals surface area contributed by atoms with Gasteiger partial charge in [-0.05, 0) is 19.0 Å². The minimum atomic E-state index is -0.394. The van der Waals surface area contributed by atoms with E-state index in [9.17, 15) is 4.79 Å². The van der Waals surface area contributed by atoms with Gasteiger partial charge in [-0.2, -0.15) is 5.26 Å². The molecule has 0 N–H and O–H groups in total. The molecule has 0 saturated carbocycles. The fourth-order valence-electron chi connectivity index (χ4n) is 0.668. The number of ketones is 1. The number of carbonyl (C=O) groups excluding carboxylic acids is 1. The fraction of sp³-hybridized carbons (Fsp3) is 0.111. The van der Waals surface area contributed by atoms with Crippen molar-refractivity contribution in [1.29, 1.82) is 5.26 Å². The van der Waals surface area contributed by atoms with Gasteiger partial charge in [-0.1, -0.05) is 12.1 Å². The Kier molecular flexibility index (Phi) is 1.38. The Morgan fingerprint density at radius 1 is 1.73 bits per heavy atom. The highest BCUT2D eigenvalue weighted by Crippen LogP contribution is 2.03. The lowest BCUT2D eigenvalue weighted by Gasteiger charge is -1.92. The van der Waals surface area contributed by atoms with Crippen molar-refractivity contribution in [2.24, 2.45) is 0 Å². The standard InChI is InChI=1S/C9H7NO/c1-7(11)9-4-2-8(6-10)3-5-9/h2-5H,1H3/i1D,4D. The van der Waals surface area contributed by atoms with E-state index in [1.165, 1.54) is 18.2 Å². The Hall–Kier alpha value is -1.62. The van der Waals surface area contributed by atoms with Crippen molar-refractivity contribution in [3.8, 4) is 6.07 Å². The third-order valence-electron chi connectivity index (χ3n) is 1.24. The van der Waals surface area contributed by atoms with Crippen molar-refractivity contribution >= 4 is 5.78 Å². The number of rotatable bonds is 1. The molecule has 0 atom stereocenters. The van der Waals surface area contributed by atoms with E-state index in [0.717, 1.165) is 0 Å². The summed E-state index contributed by atoms with van der Waals surface area (Å²) >= 11 is 0. The van der Waals surface area contributed by atoms with E-state index in [4.69, 9.17) is 8.00 Å². The Balaban J connectivity index is 3.14. The van der Waals surface area contributed by atoms with Gasteiger partial charge in [0.05, 0.1) is 13.0 Å². The summed E-state index contributed by atoms with van der Waals surface area (Å²) in [6, 6.07) is 6.09. The lowest BCUT2D eigenvalue weighted by molar-refractivity contribution is 0.101. The molecule has 0 amide bonds. The van der Waals surface area contributed by atoms with Gasteiger partial charge in [0.1, 0.15) is 0 Å². The van der Waals surface area contributed by atoms with Crippen LogP contribution in [0.2, 0.25) is 0 Å². The number of hydrogen-bond acceptors (Lipinski definition) is 2. The molecule has 0 aliphatic carbocycles. The first-order valence-corrected chi connectivity index (χ1v) is 3.02. The minimum Gasteiger partial charge on any atom is -0.295 e. The Bertz CT molecular complexity index is 382. The molecule has 2 nitrogen and oxygen atoms in total. The monoisotopic (exact) mass is 147 g/mol. The van der Waals surface area contributed by atoms with Crippen LogP contribution in [0.1, 0.15) is 25.6 Å². The van der Waals surface area contributed by atoms with Crippen molar-refractivity contribution < 1.29 is 7.54 Å². The van der Waals surface area contributed by atoms with E-state index in [1.807, 2.05) is 6.07 Å². The van der Waals surface area contributed by atoms with E-state index in [0.29, 0.717) is 5.56 Å². The van der Waals surface area contributed by atoms with Crippen molar-refractivity contribution in [3.05, 3.63) is 35.4 Å². The van der Waals surface area contributed by atoms with Crippen molar-refractivity contribution in [1.82, 2.24) is 0 Å². The number of benzene rings is 1. The van der Waals surface area contributed by atoms with Crippen LogP contribution in [-0.2, 0) is 0 Å². The molecule has 11 heavy (non-hydrogen) atoms. The molecule has 1 aromatic rings. The predicted octanol–water partition coefficient (Wildman–Crippen LogP) is 1.76. The molecule has 0 aliphatic rings. The largest absolute Gasteiger partial charge is 0.295 e. The normalized spacial score (nSPS) is 11.2. The van der Waals surface area contributed by atoms with Gasteiger partial charge >= 0.3 is 0 Å². The number of nitrogens with zero attached hydrogens (tertiary/aromatic N) is 1. The first-order valence-electron chi connectivity index (χ1n) is 4.23. The third kappa shape index (κ3) is 1.65. The van der Waals surface area contributed by atoms with E-state index in [-0.39, 0.29) is 18.5 Å². The first-order chi connectivity index (χ1) is 6.19. The van der Waals surface area contributed by atoms with Crippen molar-refractivity contribution in [2.75, 3.05) is 0 Å². The second-order valence-electron chi connectivity index (χ2n) is 2.03. The predicted molar refractivity (Wildman–Crippen MR) is 41.2 cm³/mol. The average Bonchev–Trinajstić information content (AvgIpc) is 2.16. The van der Waals surface area contributed by atoms with Crippen LogP contribution in [0.3, 0.4) is 0 Å². The van der Waals surface area contributed by atoms with Crippen LogP contribution in [0.25, 0.3) is 0 Å². The fourth-order valence-corrected chi connectivity index (χ4v) is 0.668. The summed E-state index contributed by atoms with van der Waals surface area (Å²) in [7, 11) is 0. The molecule has 54 valence electrons. The zero-order chi connectivity index (χ0) is 9.84. The van der Waals surface area contributed by atoms with E-state index in [2.05, 4.69) is 0 Å². The van der Waals surface area contributed by atoms with Crippen LogP contribution in [-0.4, -0.2) is 5.78 Å². The number of carbonyl (C=O) groups is 1. The third-order valence-corrected chi connectivity index (χ3v) is 1.24. The molecular weight excluding hydrogens is 138 g/mol. The maximum absolute atomic E-state index is 11.0. The van der Waals surface area contributed by atoms with Crippen molar-refractivity contribution in [3.63, 3.8) is 0 Å². The van der Waals surface area contributed by atoms with Gasteiger partial charge in [0.15, 0.2) is 5.78 Å². The second kappa shape index (κ2) is 2.98. The smallest absolute Gasteiger partial charge is 0.159 e. The zero-order valence-electron chi connectivity index (χ0n) is 7.79. The molecule has 0 unspecified atom stereocenters. The number of nitriles is 1. The summed E-state index contributed by atoms with van der Waals surface area (Å²) in [5, 5.41) is 8.49. The van der Waals surface area contributed by atoms with Gasteiger partial charge in [0.2, 0.25) is 0 Å². The summed E-state index contributed by atoms with van der Waals surface area (Å²) in [5.41, 5.74) is 0.556. The number of Topliss-reactive ketones (excluding diaryl/α,β-unsaturated/α-hetero) is 1. The van der Waals surface area contributed by atoms with Crippen LogP contribution in [0.4, 0.5) is 0 Å². The van der Waals surface area contributed by atoms with Crippen LogP contribution in [0, 0.1) is 11.3 Å². The maximum Gasteiger partial charge on any atom is 0.159 e. The van der Waals surface area contributed by atoms with E-state index >= 15 is 0 Å². The van der Waals surface area contributed by atoms with Gasteiger partial charge in [0.25, 0.3) is 0 Å². The quantitative estimate of drug-likeness (QED) is 0.568. The van der Waals surface area contributed by atoms with Gasteiger partial charge in [-0.25, -0.2) is 0 Å². The molecule has 0 saturated heterocycles. The molecule has 0 aliphatic heterocycles. The lowest BCUT2D eigenvalue weighted by Crippen LogP contribution is -1.90. The molecule has 2 heteroatoms. The summed E-state index contributed by atoms with van der Waals surface area (Å²) in [4.78, 5) is 11.0. The summed E-state index contributed by atoms with van der Waals surface area (Å²) < 4.78 is 14.2. The highest BCUT2D eigenvalue weighted by atomic mass is 16.1. The Morgan fingerprint density at radius 2 is 2.55 bits per heavy atom. The molecule has 1 aromatic carbocycles. The minimum absolute atomic E-state index is 0.0105. The molecule has 1 rings (SSSR count). The molecule has 0 heterocycles. The maximum atomic E-state index is 11.0. The average molecular weight is 147 g/mol. The molecule has 0 spiro atoms. The molecule has 0 radical (unpaired) electrons. The van der Waals surface area contributed by atoms with Gasteiger partial charge < -0.3 is 0 Å².